The van der Waals surface area contributed by atoms with E-state index in [0.717, 1.165) is 0 Å². The summed E-state index contributed by atoms with van der Waals surface area (Å²) in [5, 5.41) is 23.4. The predicted molar refractivity (Wildman–Crippen MR) is 57.3 cm³/mol. The molecular formula is C9H11N3O4. The van der Waals surface area contributed by atoms with Gasteiger partial charge in [-0.2, -0.15) is 0 Å². The highest BCUT2D eigenvalue weighted by Gasteiger charge is 2.21. The number of anilines is 1. The number of nitrogens with one attached hydrogen (secondary N) is 1. The van der Waals surface area contributed by atoms with Gasteiger partial charge in [0.1, 0.15) is 6.42 Å². The summed E-state index contributed by atoms with van der Waals surface area (Å²) in [6.45, 7) is -0.425. The van der Waals surface area contributed by atoms with Crippen molar-refractivity contribution in [2.75, 3.05) is 11.9 Å². The molecule has 1 N–H and O–H groups in total. The number of hydrogen-bond acceptors (Lipinski definition) is 5. The second-order valence-electron chi connectivity index (χ2n) is 3.16. The molecule has 1 aromatic rings. The van der Waals surface area contributed by atoms with Gasteiger partial charge >= 0.3 is 0 Å². The second kappa shape index (κ2) is 5.64. The van der Waals surface area contributed by atoms with Gasteiger partial charge in [0.2, 0.25) is 6.54 Å². The smallest absolute Gasteiger partial charge is 0.291 e. The summed E-state index contributed by atoms with van der Waals surface area (Å²) in [6.07, 6.45) is -1.28. The van der Waals surface area contributed by atoms with Crippen molar-refractivity contribution in [3.05, 3.63) is 50.6 Å². The van der Waals surface area contributed by atoms with E-state index in [-0.39, 0.29) is 6.42 Å². The van der Waals surface area contributed by atoms with Gasteiger partial charge in [-0.3, -0.25) is 20.2 Å². The van der Waals surface area contributed by atoms with Crippen molar-refractivity contribution in [2.45, 2.75) is 12.6 Å². The lowest BCUT2D eigenvalue weighted by Gasteiger charge is -2.10. The molecule has 7 nitrogen and oxygen atoms in total. The van der Waals surface area contributed by atoms with Gasteiger partial charge < -0.3 is 5.32 Å². The van der Waals surface area contributed by atoms with E-state index in [0.29, 0.717) is 5.69 Å². The molecule has 1 atom stereocenters. The Balaban J connectivity index is 2.58. The van der Waals surface area contributed by atoms with E-state index >= 15 is 0 Å². The monoisotopic (exact) mass is 225 g/mol. The van der Waals surface area contributed by atoms with Crippen molar-refractivity contribution >= 4 is 5.69 Å². The molecule has 0 aliphatic rings. The van der Waals surface area contributed by atoms with E-state index in [9.17, 15) is 20.2 Å². The Bertz CT molecular complexity index is 368. The summed E-state index contributed by atoms with van der Waals surface area (Å²) < 4.78 is 0. The molecule has 0 saturated carbocycles. The maximum atomic E-state index is 10.6. The third-order valence-electron chi connectivity index (χ3n) is 1.95. The predicted octanol–water partition coefficient (Wildman–Crippen LogP) is 1.37. The van der Waals surface area contributed by atoms with Crippen molar-refractivity contribution in [2.24, 2.45) is 0 Å². The Hall–Kier alpha value is -2.18. The fraction of sp³-hybridized carbons (Fsp3) is 0.333. The summed E-state index contributed by atoms with van der Waals surface area (Å²) >= 11 is 0. The molecule has 86 valence electrons. The van der Waals surface area contributed by atoms with Gasteiger partial charge in [-0.05, 0) is 12.1 Å². The maximum Gasteiger partial charge on any atom is 0.291 e. The first-order valence-corrected chi connectivity index (χ1v) is 4.66. The molecule has 7 heteroatoms. The molecule has 1 unspecified atom stereocenters. The van der Waals surface area contributed by atoms with Crippen LogP contribution >= 0.6 is 0 Å². The fourth-order valence-corrected chi connectivity index (χ4v) is 1.18. The zero-order chi connectivity index (χ0) is 12.0. The summed E-state index contributed by atoms with van der Waals surface area (Å²) in [5.74, 6) is 0. The molecule has 0 fully saturated rings. The lowest BCUT2D eigenvalue weighted by atomic mass is 10.3. The molecular weight excluding hydrogens is 214 g/mol. The van der Waals surface area contributed by atoms with E-state index in [2.05, 4.69) is 5.32 Å². The van der Waals surface area contributed by atoms with Crippen LogP contribution in [-0.2, 0) is 0 Å². The quantitative estimate of drug-likeness (QED) is 0.447. The number of benzene rings is 1. The summed E-state index contributed by atoms with van der Waals surface area (Å²) in [7, 11) is 0. The second-order valence-corrected chi connectivity index (χ2v) is 3.16. The van der Waals surface area contributed by atoms with Crippen molar-refractivity contribution < 1.29 is 9.85 Å². The largest absolute Gasteiger partial charge is 0.323 e. The zero-order valence-corrected chi connectivity index (χ0v) is 8.41. The molecule has 0 aliphatic heterocycles. The molecule has 1 rings (SSSR count). The van der Waals surface area contributed by atoms with Crippen LogP contribution in [0.5, 0.6) is 0 Å². The summed E-state index contributed by atoms with van der Waals surface area (Å²) in [6, 6.07) is 8.58. The van der Waals surface area contributed by atoms with Crippen LogP contribution < -0.4 is 5.32 Å². The topological polar surface area (TPSA) is 98.3 Å². The van der Waals surface area contributed by atoms with Gasteiger partial charge in [-0.15, -0.1) is 0 Å². The van der Waals surface area contributed by atoms with E-state index in [1.165, 1.54) is 0 Å². The van der Waals surface area contributed by atoms with Gasteiger partial charge in [0, 0.05) is 15.5 Å². The molecule has 0 amide bonds. The standard InChI is InChI=1S/C9H11N3O4/c13-11(14)7-6-9(12(15)16)10-8-4-2-1-3-5-8/h1-5,9-10H,6-7H2. The zero-order valence-electron chi connectivity index (χ0n) is 8.41. The van der Waals surface area contributed by atoms with Crippen LogP contribution in [0.15, 0.2) is 30.3 Å². The minimum Gasteiger partial charge on any atom is -0.323 e. The maximum absolute atomic E-state index is 10.6. The molecule has 1 aromatic carbocycles. The van der Waals surface area contributed by atoms with Gasteiger partial charge in [-0.1, -0.05) is 18.2 Å². The average molecular weight is 225 g/mol. The number of rotatable bonds is 6. The molecule has 0 heterocycles. The van der Waals surface area contributed by atoms with Crippen molar-refractivity contribution in [3.63, 3.8) is 0 Å². The Kier molecular flexibility index (Phi) is 4.19. The highest BCUT2D eigenvalue weighted by molar-refractivity contribution is 5.42. The normalized spacial score (nSPS) is 11.8. The van der Waals surface area contributed by atoms with Gasteiger partial charge in [-0.25, -0.2) is 0 Å². The Labute approximate surface area is 91.4 Å². The molecule has 16 heavy (non-hydrogen) atoms. The molecule has 0 saturated heterocycles. The third-order valence-corrected chi connectivity index (χ3v) is 1.95. The summed E-state index contributed by atoms with van der Waals surface area (Å²) in [5.41, 5.74) is 0.576. The lowest BCUT2D eigenvalue weighted by molar-refractivity contribution is -0.535. The molecule has 0 spiro atoms. The van der Waals surface area contributed by atoms with E-state index in [1.54, 1.807) is 30.3 Å². The van der Waals surface area contributed by atoms with Crippen LogP contribution in [0.1, 0.15) is 6.42 Å². The van der Waals surface area contributed by atoms with Crippen LogP contribution in [-0.4, -0.2) is 22.6 Å². The van der Waals surface area contributed by atoms with Crippen molar-refractivity contribution in [3.8, 4) is 0 Å². The molecule has 0 bridgehead atoms. The number of para-hydroxylation sites is 1. The highest BCUT2D eigenvalue weighted by atomic mass is 16.6. The van der Waals surface area contributed by atoms with E-state index < -0.39 is 22.6 Å². The van der Waals surface area contributed by atoms with Crippen molar-refractivity contribution in [1.29, 1.82) is 0 Å². The van der Waals surface area contributed by atoms with Crippen LogP contribution in [0.4, 0.5) is 5.69 Å². The van der Waals surface area contributed by atoms with Crippen LogP contribution in [0.3, 0.4) is 0 Å². The Morgan fingerprint density at radius 1 is 1.19 bits per heavy atom. The van der Waals surface area contributed by atoms with Crippen molar-refractivity contribution in [1.82, 2.24) is 0 Å². The first-order valence-electron chi connectivity index (χ1n) is 4.66. The third kappa shape index (κ3) is 3.91. The molecule has 0 aromatic heterocycles. The number of nitro groups is 2. The average Bonchev–Trinajstić information content (AvgIpc) is 2.25. The number of hydrogen-bond donors (Lipinski definition) is 1. The van der Waals surface area contributed by atoms with Crippen LogP contribution in [0, 0.1) is 20.2 Å². The Morgan fingerprint density at radius 3 is 2.31 bits per heavy atom. The van der Waals surface area contributed by atoms with Crippen LogP contribution in [0.2, 0.25) is 0 Å². The van der Waals surface area contributed by atoms with Crippen LogP contribution in [0.25, 0.3) is 0 Å². The van der Waals surface area contributed by atoms with Gasteiger partial charge in [0.25, 0.3) is 6.17 Å². The first kappa shape index (κ1) is 11.9. The van der Waals surface area contributed by atoms with Gasteiger partial charge in [0.15, 0.2) is 0 Å². The first-order chi connectivity index (χ1) is 7.59. The summed E-state index contributed by atoms with van der Waals surface area (Å²) in [4.78, 5) is 19.6. The van der Waals surface area contributed by atoms with E-state index in [4.69, 9.17) is 0 Å². The van der Waals surface area contributed by atoms with Gasteiger partial charge in [0.05, 0.1) is 0 Å². The lowest BCUT2D eigenvalue weighted by Crippen LogP contribution is -2.30. The minimum absolute atomic E-state index is 0.144. The van der Waals surface area contributed by atoms with E-state index in [1.807, 2.05) is 0 Å². The highest BCUT2D eigenvalue weighted by Crippen LogP contribution is 2.09. The number of nitrogens with zero attached hydrogens (tertiary/aromatic N) is 2. The SMILES string of the molecule is O=[N+]([O-])CCC(Nc1ccccc1)[N+](=O)[O-]. The molecule has 0 aliphatic carbocycles. The Morgan fingerprint density at radius 2 is 1.81 bits per heavy atom. The fourth-order valence-electron chi connectivity index (χ4n) is 1.18. The minimum atomic E-state index is -1.13. The molecule has 0 radical (unpaired) electrons.